The quantitative estimate of drug-likeness (QED) is 0.646. The predicted molar refractivity (Wildman–Crippen MR) is 95.9 cm³/mol. The van der Waals surface area contributed by atoms with Gasteiger partial charge in [-0.15, -0.1) is 0 Å². The summed E-state index contributed by atoms with van der Waals surface area (Å²) in [4.78, 5) is 6.68. The average molecular weight is 321 g/mol. The molecule has 1 aliphatic rings. The Bertz CT molecular complexity index is 467. The highest BCUT2D eigenvalue weighted by atomic mass is 32.2. The lowest BCUT2D eigenvalue weighted by Crippen LogP contribution is -2.42. The van der Waals surface area contributed by atoms with E-state index in [1.54, 1.807) is 0 Å². The molecule has 1 heterocycles. The number of ether oxygens (including phenoxy) is 1. The Hall–Kier alpha value is -1.36. The number of thioether (sulfide) groups is 1. The molecular formula is C17H27N3OS. The molecule has 1 fully saturated rings. The minimum atomic E-state index is 0.546. The molecule has 0 amide bonds. The number of hydrogen-bond acceptors (Lipinski definition) is 3. The minimum Gasteiger partial charge on any atom is -0.493 e. The standard InChI is InChI=1S/C17H27N3OS/c1-14(2)13-21-16-5-3-15(4-6-16)7-8-19-17(18)20-9-11-22-12-10-20/h3-6,14H,7-13H2,1-2H3,(H2,18,19). The molecule has 0 spiro atoms. The van der Waals surface area contributed by atoms with Crippen LogP contribution in [-0.4, -0.2) is 48.6 Å². The Balaban J connectivity index is 1.76. The van der Waals surface area contributed by atoms with Gasteiger partial charge in [-0.2, -0.15) is 11.8 Å². The van der Waals surface area contributed by atoms with Gasteiger partial charge in [0.2, 0.25) is 0 Å². The third kappa shape index (κ3) is 5.79. The van der Waals surface area contributed by atoms with Crippen molar-refractivity contribution >= 4 is 17.7 Å². The topological polar surface area (TPSA) is 50.9 Å². The molecule has 1 aromatic carbocycles. The second-order valence-corrected chi connectivity index (χ2v) is 7.16. The van der Waals surface area contributed by atoms with Gasteiger partial charge in [0.05, 0.1) is 6.61 Å². The van der Waals surface area contributed by atoms with E-state index < -0.39 is 0 Å². The fourth-order valence-electron chi connectivity index (χ4n) is 2.21. The summed E-state index contributed by atoms with van der Waals surface area (Å²) in [5.74, 6) is 4.47. The fraction of sp³-hybridized carbons (Fsp3) is 0.588. The maximum Gasteiger partial charge on any atom is 0.191 e. The second-order valence-electron chi connectivity index (χ2n) is 5.94. The molecule has 0 bridgehead atoms. The molecule has 1 saturated heterocycles. The van der Waals surface area contributed by atoms with E-state index in [9.17, 15) is 0 Å². The first-order valence-electron chi connectivity index (χ1n) is 7.99. The first-order valence-corrected chi connectivity index (χ1v) is 9.15. The van der Waals surface area contributed by atoms with E-state index in [2.05, 4.69) is 35.9 Å². The monoisotopic (exact) mass is 321 g/mol. The lowest BCUT2D eigenvalue weighted by atomic mass is 10.1. The molecule has 22 heavy (non-hydrogen) atoms. The molecule has 0 unspecified atom stereocenters. The van der Waals surface area contributed by atoms with E-state index in [-0.39, 0.29) is 0 Å². The van der Waals surface area contributed by atoms with Gasteiger partial charge in [0.1, 0.15) is 5.75 Å². The summed E-state index contributed by atoms with van der Waals surface area (Å²) in [6.07, 6.45) is 0.910. The lowest BCUT2D eigenvalue weighted by molar-refractivity contribution is 0.271. The first-order chi connectivity index (χ1) is 10.6. The molecule has 0 atom stereocenters. The van der Waals surface area contributed by atoms with Crippen molar-refractivity contribution in [2.45, 2.75) is 20.3 Å². The van der Waals surface area contributed by atoms with Gasteiger partial charge in [0, 0.05) is 31.1 Å². The molecule has 1 aromatic rings. The van der Waals surface area contributed by atoms with Crippen molar-refractivity contribution < 1.29 is 4.74 Å². The number of nitrogens with two attached hydrogens (primary N) is 1. The van der Waals surface area contributed by atoms with Crippen molar-refractivity contribution in [3.05, 3.63) is 29.8 Å². The first kappa shape index (κ1) is 17.0. The molecule has 0 radical (unpaired) electrons. The van der Waals surface area contributed by atoms with E-state index in [0.717, 1.165) is 49.9 Å². The van der Waals surface area contributed by atoms with E-state index in [1.165, 1.54) is 5.56 Å². The zero-order valence-corrected chi connectivity index (χ0v) is 14.4. The highest BCUT2D eigenvalue weighted by Gasteiger charge is 2.11. The molecule has 122 valence electrons. The Morgan fingerprint density at radius 2 is 1.95 bits per heavy atom. The number of rotatable bonds is 6. The zero-order chi connectivity index (χ0) is 15.8. The normalized spacial score (nSPS) is 16.1. The fourth-order valence-corrected chi connectivity index (χ4v) is 3.11. The number of nitrogens with zero attached hydrogens (tertiary/aromatic N) is 2. The lowest BCUT2D eigenvalue weighted by Gasteiger charge is -2.27. The van der Waals surface area contributed by atoms with Crippen molar-refractivity contribution in [3.8, 4) is 5.75 Å². The number of aliphatic imine (C=N–C) groups is 1. The summed E-state index contributed by atoms with van der Waals surface area (Å²) in [6.45, 7) is 7.83. The molecule has 0 aromatic heterocycles. The van der Waals surface area contributed by atoms with Crippen molar-refractivity contribution in [2.75, 3.05) is 37.7 Å². The van der Waals surface area contributed by atoms with Gasteiger partial charge in [-0.1, -0.05) is 26.0 Å². The largest absolute Gasteiger partial charge is 0.493 e. The SMILES string of the molecule is CC(C)COc1ccc(CCN=C(N)N2CCSCC2)cc1. The van der Waals surface area contributed by atoms with Gasteiger partial charge in [0.25, 0.3) is 0 Å². The molecular weight excluding hydrogens is 294 g/mol. The van der Waals surface area contributed by atoms with Crippen molar-refractivity contribution in [2.24, 2.45) is 16.6 Å². The van der Waals surface area contributed by atoms with Crippen molar-refractivity contribution in [3.63, 3.8) is 0 Å². The minimum absolute atomic E-state index is 0.546. The average Bonchev–Trinajstić information content (AvgIpc) is 2.55. The number of guanidine groups is 1. The highest BCUT2D eigenvalue weighted by Crippen LogP contribution is 2.14. The Labute approximate surface area is 138 Å². The summed E-state index contributed by atoms with van der Waals surface area (Å²) in [5.41, 5.74) is 7.32. The second kappa shape index (κ2) is 8.93. The van der Waals surface area contributed by atoms with Crippen LogP contribution in [0.25, 0.3) is 0 Å². The van der Waals surface area contributed by atoms with Crippen LogP contribution in [0.1, 0.15) is 19.4 Å². The van der Waals surface area contributed by atoms with Crippen LogP contribution in [-0.2, 0) is 6.42 Å². The molecule has 4 nitrogen and oxygen atoms in total. The number of benzene rings is 1. The van der Waals surface area contributed by atoms with Gasteiger partial charge in [-0.05, 0) is 30.0 Å². The van der Waals surface area contributed by atoms with Crippen LogP contribution in [0.5, 0.6) is 5.75 Å². The predicted octanol–water partition coefficient (Wildman–Crippen LogP) is 2.63. The Kier molecular flexibility index (Phi) is 6.90. The summed E-state index contributed by atoms with van der Waals surface area (Å²) in [7, 11) is 0. The smallest absolute Gasteiger partial charge is 0.191 e. The van der Waals surface area contributed by atoms with Crippen molar-refractivity contribution in [1.82, 2.24) is 4.90 Å². The van der Waals surface area contributed by atoms with Crippen LogP contribution in [0.2, 0.25) is 0 Å². The van der Waals surface area contributed by atoms with Gasteiger partial charge in [-0.25, -0.2) is 0 Å². The third-order valence-corrected chi connectivity index (χ3v) is 4.46. The molecule has 0 saturated carbocycles. The van der Waals surface area contributed by atoms with E-state index in [4.69, 9.17) is 10.5 Å². The van der Waals surface area contributed by atoms with Gasteiger partial charge in [0.15, 0.2) is 5.96 Å². The zero-order valence-electron chi connectivity index (χ0n) is 13.6. The summed E-state index contributed by atoms with van der Waals surface area (Å²) < 4.78 is 5.69. The van der Waals surface area contributed by atoms with Gasteiger partial charge >= 0.3 is 0 Å². The van der Waals surface area contributed by atoms with Crippen LogP contribution >= 0.6 is 11.8 Å². The van der Waals surface area contributed by atoms with Crippen LogP contribution in [0, 0.1) is 5.92 Å². The maximum absolute atomic E-state index is 6.05. The molecule has 0 aliphatic carbocycles. The molecule has 2 rings (SSSR count). The van der Waals surface area contributed by atoms with Crippen LogP contribution < -0.4 is 10.5 Å². The van der Waals surface area contributed by atoms with E-state index in [1.807, 2.05) is 23.9 Å². The third-order valence-electron chi connectivity index (χ3n) is 3.52. The molecule has 1 aliphatic heterocycles. The Morgan fingerprint density at radius 3 is 2.59 bits per heavy atom. The van der Waals surface area contributed by atoms with Gasteiger partial charge in [-0.3, -0.25) is 4.99 Å². The van der Waals surface area contributed by atoms with E-state index >= 15 is 0 Å². The summed E-state index contributed by atoms with van der Waals surface area (Å²) in [6, 6.07) is 8.29. The van der Waals surface area contributed by atoms with E-state index in [0.29, 0.717) is 11.9 Å². The highest BCUT2D eigenvalue weighted by molar-refractivity contribution is 7.99. The summed E-state index contributed by atoms with van der Waals surface area (Å²) in [5, 5.41) is 0. The summed E-state index contributed by atoms with van der Waals surface area (Å²) >= 11 is 1.98. The molecule has 2 N–H and O–H groups in total. The van der Waals surface area contributed by atoms with Crippen LogP contribution in [0.4, 0.5) is 0 Å². The van der Waals surface area contributed by atoms with Gasteiger partial charge < -0.3 is 15.4 Å². The van der Waals surface area contributed by atoms with Crippen molar-refractivity contribution in [1.29, 1.82) is 0 Å². The number of hydrogen-bond donors (Lipinski definition) is 1. The van der Waals surface area contributed by atoms with Crippen LogP contribution in [0.3, 0.4) is 0 Å². The maximum atomic E-state index is 6.05. The van der Waals surface area contributed by atoms with Crippen LogP contribution in [0.15, 0.2) is 29.3 Å². The molecule has 5 heteroatoms. The Morgan fingerprint density at radius 1 is 1.27 bits per heavy atom.